The second kappa shape index (κ2) is 31.0. The van der Waals surface area contributed by atoms with Crippen molar-refractivity contribution in [2.75, 3.05) is 155 Å². The molecule has 2 heterocycles. The van der Waals surface area contributed by atoms with Gasteiger partial charge in [-0.1, -0.05) is 65.7 Å². The number of hydrogen-bond donors (Lipinski definition) is 10. The predicted molar refractivity (Wildman–Crippen MR) is 316 cm³/mol. The lowest BCUT2D eigenvalue weighted by atomic mass is 10.1. The molecular weight excluding hydrogens is 1140 g/mol. The molecule has 0 amide bonds. The molecule has 28 heteroatoms. The average Bonchev–Trinajstić information content (AvgIpc) is 3.43. The predicted octanol–water partition coefficient (Wildman–Crippen LogP) is 0.775. The second-order valence-electron chi connectivity index (χ2n) is 22.9. The summed E-state index contributed by atoms with van der Waals surface area (Å²) in [5.74, 6) is 1.39. The molecule has 2 unspecified atom stereocenters. The Bertz CT molecular complexity index is 3090. The number of aliphatic hydroxyl groups excluding tert-OH is 2. The molecule has 0 aliphatic carbocycles. The summed E-state index contributed by atoms with van der Waals surface area (Å²) in [5.41, 5.74) is 2.93. The zero-order chi connectivity index (χ0) is 58.1. The number of aromatic nitrogens is 6. The number of hydrogen-bond acceptors (Lipinski definition) is 20. The van der Waals surface area contributed by atoms with Gasteiger partial charge < -0.3 is 84.9 Å². The highest BCUT2D eigenvalue weighted by atomic mass is 35.5. The van der Waals surface area contributed by atoms with Gasteiger partial charge in [0.15, 0.2) is 12.2 Å². The third kappa shape index (κ3) is 24.4. The van der Waals surface area contributed by atoms with E-state index in [1.165, 1.54) is 18.2 Å². The minimum Gasteiger partial charge on any atom is -1.00 e. The van der Waals surface area contributed by atoms with Crippen LogP contribution < -0.4 is 56.7 Å². The van der Waals surface area contributed by atoms with Gasteiger partial charge in [0.1, 0.15) is 31.1 Å². The van der Waals surface area contributed by atoms with Crippen LogP contribution in [0.5, 0.6) is 0 Å². The van der Waals surface area contributed by atoms with E-state index in [0.717, 1.165) is 37.3 Å². The van der Waals surface area contributed by atoms with Crippen LogP contribution in [0.1, 0.15) is 24.0 Å². The Hall–Kier alpha value is -6.08. The number of halogens is 2. The van der Waals surface area contributed by atoms with E-state index in [9.17, 15) is 23.2 Å². The lowest BCUT2D eigenvalue weighted by molar-refractivity contribution is -0.907. The standard InChI is InChI=1S/C54H78N16O8S2.2ClH/c1-67(2,3)35-45(71)37-69(7,8)31-17-29-55-49-61-51(57-41-19-13-11-14-20-41)65-53(63-49)59-43-27-25-39(47(33-43)79-78-77-73)23-24-40-26-28-44(34-48(40)80(74,75)76)60-54-64-50(62-52(66-54)58-42-21-15-12-16-22-42)56-30-18-32-70(9,10)38-46(72)36-68(4,5)6;;/h11-16,19-28,33-34,45-46,71-72H,17-18,29-32,35-38H2,1-10H3,(H6-2,55,56,57,58,59,60,61,62,63,64,65,66,73,74,75,76);2*1H/q+2;;/b24-23+;;. The highest BCUT2D eigenvalue weighted by Gasteiger charge is 2.27. The molecule has 0 saturated heterocycles. The molecule has 10 N–H and O–H groups in total. The Balaban J connectivity index is 0.00000722. The molecule has 448 valence electrons. The van der Waals surface area contributed by atoms with Gasteiger partial charge in [0.25, 0.3) is 10.1 Å². The van der Waals surface area contributed by atoms with E-state index in [1.54, 1.807) is 30.3 Å². The SMILES string of the molecule is C[N+](C)(C)CC(O)C[N+](C)(C)CCCNc1nc(Nc2ccccc2)nc(Nc2ccc(/C=C/c3ccc(Nc4nc(NCCC[N+](C)(C)CC(O)C[N+](C)(C)C)nc(Nc5ccccc5)n4)cc3S(=O)(=O)O)c(SOOO)c2)n1.[Cl-].[Cl-]. The summed E-state index contributed by atoms with van der Waals surface area (Å²) >= 11 is 0.686. The lowest BCUT2D eigenvalue weighted by Gasteiger charge is -2.34. The maximum absolute atomic E-state index is 13.0. The van der Waals surface area contributed by atoms with E-state index in [1.807, 2.05) is 60.7 Å². The molecule has 0 aliphatic rings. The van der Waals surface area contributed by atoms with Gasteiger partial charge in [0.05, 0.1) is 95.6 Å². The number of likely N-dealkylation sites (N-methyl/N-ethyl adjacent to an activating group) is 4. The van der Waals surface area contributed by atoms with Crippen molar-refractivity contribution < 1.29 is 80.6 Å². The molecule has 2 aromatic heterocycles. The topological polar surface area (TPSA) is 283 Å². The highest BCUT2D eigenvalue weighted by Crippen LogP contribution is 2.32. The summed E-state index contributed by atoms with van der Waals surface area (Å²) in [6, 6.07) is 28.4. The fraction of sp³-hybridized carbons (Fsp3) is 0.407. The van der Waals surface area contributed by atoms with Crippen molar-refractivity contribution in [3.63, 3.8) is 0 Å². The lowest BCUT2D eigenvalue weighted by Crippen LogP contribution is -3.00. The van der Waals surface area contributed by atoms with Crippen LogP contribution in [-0.4, -0.2) is 211 Å². The van der Waals surface area contributed by atoms with Crippen LogP contribution in [-0.2, 0) is 19.5 Å². The Kier molecular flexibility index (Phi) is 25.9. The molecule has 82 heavy (non-hydrogen) atoms. The third-order valence-electron chi connectivity index (χ3n) is 12.1. The first kappa shape index (κ1) is 68.4. The zero-order valence-corrected chi connectivity index (χ0v) is 51.2. The number of nitrogens with one attached hydrogen (secondary N) is 6. The number of benzene rings is 4. The maximum Gasteiger partial charge on any atom is 0.295 e. The highest BCUT2D eigenvalue weighted by molar-refractivity contribution is 7.94. The minimum absolute atomic E-state index is 0. The number of para-hydroxylation sites is 2. The van der Waals surface area contributed by atoms with Crippen molar-refractivity contribution in [2.24, 2.45) is 0 Å². The van der Waals surface area contributed by atoms with Gasteiger partial charge >= 0.3 is 0 Å². The first-order valence-electron chi connectivity index (χ1n) is 26.1. The van der Waals surface area contributed by atoms with Gasteiger partial charge in [-0.25, -0.2) is 5.26 Å². The molecule has 0 fully saturated rings. The van der Waals surface area contributed by atoms with E-state index < -0.39 is 27.2 Å². The first-order chi connectivity index (χ1) is 37.7. The summed E-state index contributed by atoms with van der Waals surface area (Å²) < 4.78 is 44.0. The number of nitrogens with zero attached hydrogens (tertiary/aromatic N) is 10. The van der Waals surface area contributed by atoms with Crippen molar-refractivity contribution in [3.05, 3.63) is 108 Å². The number of quaternary nitrogens is 4. The third-order valence-corrected chi connectivity index (χ3v) is 13.7. The van der Waals surface area contributed by atoms with Crippen molar-refractivity contribution in [2.45, 2.75) is 34.8 Å². The van der Waals surface area contributed by atoms with Crippen LogP contribution in [0.4, 0.5) is 58.4 Å². The fourth-order valence-electron chi connectivity index (χ4n) is 8.84. The van der Waals surface area contributed by atoms with Gasteiger partial charge in [-0.05, 0) is 59.7 Å². The number of aliphatic hydroxyl groups is 2. The van der Waals surface area contributed by atoms with Crippen molar-refractivity contribution in [3.8, 4) is 0 Å². The van der Waals surface area contributed by atoms with Crippen LogP contribution in [0.2, 0.25) is 0 Å². The molecule has 0 saturated carbocycles. The molecule has 0 radical (unpaired) electrons. The largest absolute Gasteiger partial charge is 1.00 e. The Morgan fingerprint density at radius 1 is 0.524 bits per heavy atom. The minimum atomic E-state index is -4.79. The Labute approximate surface area is 498 Å². The molecule has 0 aliphatic heterocycles. The Morgan fingerprint density at radius 3 is 1.30 bits per heavy atom. The summed E-state index contributed by atoms with van der Waals surface area (Å²) in [6.07, 6.45) is 3.75. The molecule has 24 nitrogen and oxygen atoms in total. The van der Waals surface area contributed by atoms with Crippen LogP contribution >= 0.6 is 12.0 Å². The van der Waals surface area contributed by atoms with Gasteiger partial charge in [-0.3, -0.25) is 4.55 Å². The van der Waals surface area contributed by atoms with Gasteiger partial charge in [0.2, 0.25) is 35.7 Å². The summed E-state index contributed by atoms with van der Waals surface area (Å²) in [6.45, 7) is 5.16. The number of anilines is 10. The van der Waals surface area contributed by atoms with Crippen molar-refractivity contribution in [1.29, 1.82) is 0 Å². The fourth-order valence-corrected chi connectivity index (χ4v) is 10.1. The van der Waals surface area contributed by atoms with E-state index in [4.69, 9.17) is 9.59 Å². The summed E-state index contributed by atoms with van der Waals surface area (Å²) in [4.78, 5) is 27.7. The van der Waals surface area contributed by atoms with Crippen LogP contribution in [0.3, 0.4) is 0 Å². The van der Waals surface area contributed by atoms with E-state index in [0.29, 0.717) is 91.3 Å². The number of rotatable bonds is 32. The van der Waals surface area contributed by atoms with Crippen LogP contribution in [0.25, 0.3) is 12.2 Å². The molecule has 0 bridgehead atoms. The monoisotopic (exact) mass is 1210 g/mol. The Morgan fingerprint density at radius 2 is 0.902 bits per heavy atom. The van der Waals surface area contributed by atoms with E-state index in [2.05, 4.69) is 137 Å². The normalized spacial score (nSPS) is 12.9. The molecule has 2 atom stereocenters. The van der Waals surface area contributed by atoms with Gasteiger partial charge in [-0.2, -0.15) is 38.3 Å². The van der Waals surface area contributed by atoms with Crippen LogP contribution in [0.15, 0.2) is 107 Å². The first-order valence-corrected chi connectivity index (χ1v) is 28.2. The van der Waals surface area contributed by atoms with Gasteiger partial charge in [0, 0.05) is 53.6 Å². The average molecular weight is 1220 g/mol. The van der Waals surface area contributed by atoms with Crippen molar-refractivity contribution >= 4 is 92.8 Å². The molecule has 4 aromatic carbocycles. The summed E-state index contributed by atoms with van der Waals surface area (Å²) in [7, 11) is 15.9. The van der Waals surface area contributed by atoms with Gasteiger partial charge in [-0.15, -0.1) is 4.33 Å². The zero-order valence-electron chi connectivity index (χ0n) is 48.1. The molecule has 6 rings (SSSR count). The van der Waals surface area contributed by atoms with E-state index in [-0.39, 0.29) is 65.8 Å². The van der Waals surface area contributed by atoms with Crippen molar-refractivity contribution in [1.82, 2.24) is 29.9 Å². The smallest absolute Gasteiger partial charge is 0.295 e. The maximum atomic E-state index is 13.0. The van der Waals surface area contributed by atoms with Crippen LogP contribution in [0, 0.1) is 0 Å². The summed E-state index contributed by atoms with van der Waals surface area (Å²) in [5, 5.41) is 53.9. The molecular formula is C54H80Cl2N16O8S2+2. The quantitative estimate of drug-likeness (QED) is 0.00531. The molecule has 6 aromatic rings. The van der Waals surface area contributed by atoms with E-state index >= 15 is 0 Å². The molecule has 0 spiro atoms. The second-order valence-corrected chi connectivity index (χ2v) is 25.0.